The summed E-state index contributed by atoms with van der Waals surface area (Å²) in [6.45, 7) is 0.372. The number of oxazole rings is 1. The molecule has 2 heterocycles. The molecule has 0 aliphatic heterocycles. The van der Waals surface area contributed by atoms with Crippen molar-refractivity contribution in [2.24, 2.45) is 0 Å². The van der Waals surface area contributed by atoms with Gasteiger partial charge in [-0.2, -0.15) is 14.6 Å². The fourth-order valence-electron chi connectivity index (χ4n) is 2.72. The van der Waals surface area contributed by atoms with E-state index in [0.29, 0.717) is 29.5 Å². The Morgan fingerprint density at radius 1 is 1.08 bits per heavy atom. The standard InChI is InChI=1S/C19H15ClN4O2/c20-15-8-6-14(7-9-15)11-21-18(25)17-16(10-13-4-2-1-3-5-13)24-19(26-17)22-12-23-24/h1-9,12H,10-11H2,(H,21,25). The number of aromatic nitrogens is 3. The van der Waals surface area contributed by atoms with Crippen LogP contribution in [0.3, 0.4) is 0 Å². The summed E-state index contributed by atoms with van der Waals surface area (Å²) in [6.07, 6.45) is 1.92. The van der Waals surface area contributed by atoms with Crippen molar-refractivity contribution < 1.29 is 9.21 Å². The fourth-order valence-corrected chi connectivity index (χ4v) is 2.84. The first-order valence-electron chi connectivity index (χ1n) is 8.08. The molecule has 0 unspecified atom stereocenters. The van der Waals surface area contributed by atoms with Crippen LogP contribution in [0, 0.1) is 0 Å². The van der Waals surface area contributed by atoms with Crippen LogP contribution in [0.4, 0.5) is 0 Å². The van der Waals surface area contributed by atoms with E-state index in [2.05, 4.69) is 15.4 Å². The Bertz CT molecular complexity index is 1040. The maximum absolute atomic E-state index is 12.7. The molecular weight excluding hydrogens is 352 g/mol. The molecule has 0 saturated heterocycles. The van der Waals surface area contributed by atoms with Crippen LogP contribution in [0.15, 0.2) is 65.3 Å². The molecule has 0 saturated carbocycles. The summed E-state index contributed by atoms with van der Waals surface area (Å²) in [5.41, 5.74) is 2.66. The minimum Gasteiger partial charge on any atom is -0.416 e. The molecule has 130 valence electrons. The van der Waals surface area contributed by atoms with Gasteiger partial charge in [0.25, 0.3) is 5.91 Å². The quantitative estimate of drug-likeness (QED) is 0.586. The summed E-state index contributed by atoms with van der Waals surface area (Å²) in [4.78, 5) is 16.7. The average molecular weight is 367 g/mol. The minimum atomic E-state index is -0.307. The largest absolute Gasteiger partial charge is 0.416 e. The van der Waals surface area contributed by atoms with Crippen molar-refractivity contribution in [3.8, 4) is 0 Å². The van der Waals surface area contributed by atoms with Gasteiger partial charge in [-0.3, -0.25) is 4.79 Å². The van der Waals surface area contributed by atoms with Gasteiger partial charge in [0, 0.05) is 18.0 Å². The molecular formula is C19H15ClN4O2. The van der Waals surface area contributed by atoms with Crippen LogP contribution < -0.4 is 5.32 Å². The highest BCUT2D eigenvalue weighted by atomic mass is 35.5. The molecule has 2 aromatic carbocycles. The SMILES string of the molecule is O=C(NCc1ccc(Cl)cc1)c1oc2ncnn2c1Cc1ccccc1. The van der Waals surface area contributed by atoms with Gasteiger partial charge >= 0.3 is 5.84 Å². The molecule has 0 spiro atoms. The van der Waals surface area contributed by atoms with Crippen molar-refractivity contribution in [3.63, 3.8) is 0 Å². The Kier molecular flexibility index (Phi) is 4.41. The molecule has 4 rings (SSSR count). The van der Waals surface area contributed by atoms with Crippen LogP contribution in [0.1, 0.15) is 27.4 Å². The van der Waals surface area contributed by atoms with Crippen molar-refractivity contribution in [2.75, 3.05) is 0 Å². The topological polar surface area (TPSA) is 72.4 Å². The van der Waals surface area contributed by atoms with Crippen LogP contribution in [-0.2, 0) is 13.0 Å². The highest BCUT2D eigenvalue weighted by Crippen LogP contribution is 2.19. The third kappa shape index (κ3) is 3.32. The van der Waals surface area contributed by atoms with Crippen molar-refractivity contribution in [2.45, 2.75) is 13.0 Å². The fraction of sp³-hybridized carbons (Fsp3) is 0.105. The molecule has 1 N–H and O–H groups in total. The van der Waals surface area contributed by atoms with Crippen LogP contribution in [-0.4, -0.2) is 20.5 Å². The van der Waals surface area contributed by atoms with Crippen molar-refractivity contribution in [1.82, 2.24) is 19.9 Å². The maximum atomic E-state index is 12.7. The van der Waals surface area contributed by atoms with Crippen LogP contribution in [0.25, 0.3) is 5.84 Å². The summed E-state index contributed by atoms with van der Waals surface area (Å²) in [6, 6.07) is 17.1. The minimum absolute atomic E-state index is 0.221. The number of hydrogen-bond acceptors (Lipinski definition) is 4. The van der Waals surface area contributed by atoms with Gasteiger partial charge in [0.2, 0.25) is 5.76 Å². The number of carbonyl (C=O) groups is 1. The summed E-state index contributed by atoms with van der Waals surface area (Å²) in [5, 5.41) is 7.69. The molecule has 2 aromatic heterocycles. The first kappa shape index (κ1) is 16.4. The van der Waals surface area contributed by atoms with Crippen molar-refractivity contribution in [3.05, 3.63) is 88.5 Å². The predicted octanol–water partition coefficient (Wildman–Crippen LogP) is 3.50. The second-order valence-electron chi connectivity index (χ2n) is 5.80. The third-order valence-corrected chi connectivity index (χ3v) is 4.27. The van der Waals surface area contributed by atoms with Crippen LogP contribution in [0.2, 0.25) is 5.02 Å². The maximum Gasteiger partial charge on any atom is 0.325 e. The summed E-state index contributed by atoms with van der Waals surface area (Å²) < 4.78 is 7.20. The lowest BCUT2D eigenvalue weighted by molar-refractivity contribution is 0.0923. The van der Waals surface area contributed by atoms with Gasteiger partial charge in [-0.15, -0.1) is 0 Å². The second-order valence-corrected chi connectivity index (χ2v) is 6.24. The van der Waals surface area contributed by atoms with Gasteiger partial charge in [-0.05, 0) is 23.3 Å². The molecule has 0 atom stereocenters. The highest BCUT2D eigenvalue weighted by molar-refractivity contribution is 6.30. The van der Waals surface area contributed by atoms with Crippen LogP contribution in [0.5, 0.6) is 0 Å². The number of fused-ring (bicyclic) bond motifs is 1. The van der Waals surface area contributed by atoms with Crippen LogP contribution >= 0.6 is 11.6 Å². The second kappa shape index (κ2) is 7.01. The Morgan fingerprint density at radius 3 is 2.62 bits per heavy atom. The number of nitrogens with zero attached hydrogens (tertiary/aromatic N) is 3. The molecule has 7 heteroatoms. The zero-order chi connectivity index (χ0) is 17.9. The lowest BCUT2D eigenvalue weighted by Gasteiger charge is -2.06. The number of carbonyl (C=O) groups excluding carboxylic acids is 1. The number of nitrogens with one attached hydrogen (secondary N) is 1. The Morgan fingerprint density at radius 2 is 1.85 bits per heavy atom. The summed E-state index contributed by atoms with van der Waals surface area (Å²) in [5.74, 6) is 0.212. The molecule has 0 fully saturated rings. The third-order valence-electron chi connectivity index (χ3n) is 4.01. The van der Waals surface area contributed by atoms with Gasteiger partial charge in [0.05, 0.1) is 0 Å². The number of benzene rings is 2. The smallest absolute Gasteiger partial charge is 0.325 e. The average Bonchev–Trinajstić information content (AvgIpc) is 3.25. The van der Waals surface area contributed by atoms with E-state index in [-0.39, 0.29) is 11.7 Å². The number of rotatable bonds is 5. The molecule has 0 aliphatic rings. The Hall–Kier alpha value is -3.12. The first-order valence-corrected chi connectivity index (χ1v) is 8.46. The molecule has 0 radical (unpaired) electrons. The van der Waals surface area contributed by atoms with Gasteiger partial charge in [-0.25, -0.2) is 0 Å². The van der Waals surface area contributed by atoms with Gasteiger partial charge in [0.15, 0.2) is 0 Å². The van der Waals surface area contributed by atoms with E-state index in [4.69, 9.17) is 16.0 Å². The predicted molar refractivity (Wildman–Crippen MR) is 97.1 cm³/mol. The van der Waals surface area contributed by atoms with Crippen molar-refractivity contribution >= 4 is 23.4 Å². The van der Waals surface area contributed by atoms with E-state index in [1.165, 1.54) is 6.33 Å². The van der Waals surface area contributed by atoms with E-state index in [1.54, 1.807) is 16.6 Å². The lowest BCUT2D eigenvalue weighted by atomic mass is 10.1. The molecule has 26 heavy (non-hydrogen) atoms. The Balaban J connectivity index is 1.58. The van der Waals surface area contributed by atoms with Crippen molar-refractivity contribution in [1.29, 1.82) is 0 Å². The molecule has 1 amide bonds. The van der Waals surface area contributed by atoms with E-state index >= 15 is 0 Å². The molecule has 4 aromatic rings. The first-order chi connectivity index (χ1) is 12.7. The monoisotopic (exact) mass is 366 g/mol. The normalized spacial score (nSPS) is 11.0. The van der Waals surface area contributed by atoms with Gasteiger partial charge in [-0.1, -0.05) is 54.1 Å². The zero-order valence-electron chi connectivity index (χ0n) is 13.7. The summed E-state index contributed by atoms with van der Waals surface area (Å²) in [7, 11) is 0. The number of halogens is 1. The molecule has 6 nitrogen and oxygen atoms in total. The van der Waals surface area contributed by atoms with E-state index in [0.717, 1.165) is 11.1 Å². The van der Waals surface area contributed by atoms with E-state index in [1.807, 2.05) is 42.5 Å². The van der Waals surface area contributed by atoms with E-state index < -0.39 is 0 Å². The van der Waals surface area contributed by atoms with Gasteiger partial charge in [0.1, 0.15) is 12.0 Å². The number of hydrogen-bond donors (Lipinski definition) is 1. The zero-order valence-corrected chi connectivity index (χ0v) is 14.5. The molecule has 0 aliphatic carbocycles. The highest BCUT2D eigenvalue weighted by Gasteiger charge is 2.22. The molecule has 0 bridgehead atoms. The van der Waals surface area contributed by atoms with Gasteiger partial charge < -0.3 is 9.73 Å². The summed E-state index contributed by atoms with van der Waals surface area (Å²) >= 11 is 5.88. The number of amides is 1. The van der Waals surface area contributed by atoms with E-state index in [9.17, 15) is 4.79 Å². The Labute approximate surface area is 154 Å². The lowest BCUT2D eigenvalue weighted by Crippen LogP contribution is -2.23.